The average molecular weight is 487 g/mol. The molecule has 6 rings (SSSR count). The fourth-order valence-corrected chi connectivity index (χ4v) is 5.69. The van der Waals surface area contributed by atoms with E-state index in [1.807, 2.05) is 0 Å². The Morgan fingerprint density at radius 3 is 1.39 bits per heavy atom. The molecular formula is C38H30. The molecule has 0 aliphatic heterocycles. The van der Waals surface area contributed by atoms with Crippen molar-refractivity contribution in [2.75, 3.05) is 0 Å². The number of hydrogen-bond acceptors (Lipinski definition) is 0. The van der Waals surface area contributed by atoms with Gasteiger partial charge >= 0.3 is 0 Å². The van der Waals surface area contributed by atoms with E-state index < -0.39 is 0 Å². The van der Waals surface area contributed by atoms with Crippen LogP contribution in [0.4, 0.5) is 0 Å². The van der Waals surface area contributed by atoms with Crippen LogP contribution in [0, 0.1) is 13.8 Å². The van der Waals surface area contributed by atoms with Crippen molar-refractivity contribution in [3.63, 3.8) is 0 Å². The Kier molecular flexibility index (Phi) is 6.02. The monoisotopic (exact) mass is 486 g/mol. The molecule has 0 heterocycles. The van der Waals surface area contributed by atoms with E-state index in [0.29, 0.717) is 0 Å². The first kappa shape index (κ1) is 23.7. The number of benzene rings is 6. The first-order chi connectivity index (χ1) is 18.5. The summed E-state index contributed by atoms with van der Waals surface area (Å²) in [6, 6.07) is 43.3. The van der Waals surface area contributed by atoms with E-state index in [9.17, 15) is 0 Å². The van der Waals surface area contributed by atoms with Gasteiger partial charge in [-0.25, -0.2) is 0 Å². The number of hydrogen-bond donors (Lipinski definition) is 0. The Morgan fingerprint density at radius 2 is 0.842 bits per heavy atom. The SMILES string of the molecule is C=c1c(-c2ccccc2C)c2ccc(-c3ccccc3-c3ccccc3)cc2c(-c2ccccc2C)c1=C. The van der Waals surface area contributed by atoms with Gasteiger partial charge in [0.1, 0.15) is 0 Å². The molecule has 0 atom stereocenters. The lowest BCUT2D eigenvalue weighted by Gasteiger charge is -2.19. The maximum Gasteiger partial charge on any atom is -0.00297 e. The van der Waals surface area contributed by atoms with Crippen molar-refractivity contribution < 1.29 is 0 Å². The Hall–Kier alpha value is -4.68. The van der Waals surface area contributed by atoms with E-state index in [0.717, 1.165) is 10.4 Å². The van der Waals surface area contributed by atoms with Crippen LogP contribution in [0.3, 0.4) is 0 Å². The summed E-state index contributed by atoms with van der Waals surface area (Å²) < 4.78 is 0. The van der Waals surface area contributed by atoms with Gasteiger partial charge in [0.25, 0.3) is 0 Å². The summed E-state index contributed by atoms with van der Waals surface area (Å²) in [5, 5.41) is 4.38. The highest BCUT2D eigenvalue weighted by atomic mass is 14.2. The van der Waals surface area contributed by atoms with Gasteiger partial charge in [0.2, 0.25) is 0 Å². The van der Waals surface area contributed by atoms with Crippen LogP contribution < -0.4 is 10.4 Å². The molecule has 0 spiro atoms. The molecule has 0 fully saturated rings. The second-order valence-electron chi connectivity index (χ2n) is 10.0. The van der Waals surface area contributed by atoms with Crippen molar-refractivity contribution in [3.05, 3.63) is 143 Å². The number of aryl methyl sites for hydroxylation is 2. The summed E-state index contributed by atoms with van der Waals surface area (Å²) in [4.78, 5) is 0. The van der Waals surface area contributed by atoms with Gasteiger partial charge in [-0.2, -0.15) is 0 Å². The van der Waals surface area contributed by atoms with Crippen molar-refractivity contribution in [1.29, 1.82) is 0 Å². The van der Waals surface area contributed by atoms with Crippen LogP contribution in [0.2, 0.25) is 0 Å². The lowest BCUT2D eigenvalue weighted by atomic mass is 9.85. The average Bonchev–Trinajstić information content (AvgIpc) is 2.96. The molecule has 0 unspecified atom stereocenters. The molecule has 6 aromatic rings. The van der Waals surface area contributed by atoms with Crippen molar-refractivity contribution >= 4 is 23.9 Å². The van der Waals surface area contributed by atoms with Gasteiger partial charge in [0.05, 0.1) is 0 Å². The van der Waals surface area contributed by atoms with Crippen LogP contribution in [0.5, 0.6) is 0 Å². The lowest BCUT2D eigenvalue weighted by molar-refractivity contribution is 1.43. The highest BCUT2D eigenvalue weighted by Gasteiger charge is 2.17. The van der Waals surface area contributed by atoms with Crippen LogP contribution in [0.15, 0.2) is 121 Å². The summed E-state index contributed by atoms with van der Waals surface area (Å²) in [6.07, 6.45) is 0. The normalized spacial score (nSPS) is 11.1. The minimum Gasteiger partial charge on any atom is -0.0905 e. The highest BCUT2D eigenvalue weighted by Crippen LogP contribution is 2.38. The summed E-state index contributed by atoms with van der Waals surface area (Å²) in [6.45, 7) is 13.5. The second-order valence-corrected chi connectivity index (χ2v) is 10.0. The predicted molar refractivity (Wildman–Crippen MR) is 165 cm³/mol. The number of rotatable bonds is 4. The first-order valence-corrected chi connectivity index (χ1v) is 13.1. The molecular weight excluding hydrogens is 456 g/mol. The Morgan fingerprint density at radius 1 is 0.395 bits per heavy atom. The maximum atomic E-state index is 4.61. The minimum atomic E-state index is 0.985. The standard InChI is InChI=1S/C38H30/c1-25-14-8-10-18-31(25)37-27(3)28(4)38(32-19-11-9-15-26(32)2)36-24-30(22-23-35(36)37)34-21-13-12-20-33(34)29-16-6-5-7-17-29/h5-24H,3-4H2,1-2H3. The maximum absolute atomic E-state index is 4.61. The van der Waals surface area contributed by atoms with Gasteiger partial charge in [-0.3, -0.25) is 0 Å². The molecule has 0 bridgehead atoms. The molecule has 38 heavy (non-hydrogen) atoms. The molecule has 0 saturated carbocycles. The molecule has 0 amide bonds. The van der Waals surface area contributed by atoms with Gasteiger partial charge < -0.3 is 0 Å². The lowest BCUT2D eigenvalue weighted by Crippen LogP contribution is -2.27. The summed E-state index contributed by atoms with van der Waals surface area (Å²) in [7, 11) is 0. The molecule has 0 aliphatic rings. The van der Waals surface area contributed by atoms with E-state index in [1.54, 1.807) is 0 Å². The fraction of sp³-hybridized carbons (Fsp3) is 0.0526. The van der Waals surface area contributed by atoms with Crippen LogP contribution in [-0.4, -0.2) is 0 Å². The van der Waals surface area contributed by atoms with Gasteiger partial charge in [0.15, 0.2) is 0 Å². The minimum absolute atomic E-state index is 0.985. The van der Waals surface area contributed by atoms with E-state index in [-0.39, 0.29) is 0 Å². The topological polar surface area (TPSA) is 0 Å². The zero-order chi connectivity index (χ0) is 26.2. The summed E-state index contributed by atoms with van der Waals surface area (Å²) >= 11 is 0. The molecule has 0 aliphatic carbocycles. The molecule has 0 nitrogen and oxygen atoms in total. The number of fused-ring (bicyclic) bond motifs is 1. The van der Waals surface area contributed by atoms with E-state index >= 15 is 0 Å². The van der Waals surface area contributed by atoms with Gasteiger partial charge in [-0.05, 0) is 96.8 Å². The first-order valence-electron chi connectivity index (χ1n) is 13.1. The molecule has 0 saturated heterocycles. The van der Waals surface area contributed by atoms with E-state index in [4.69, 9.17) is 0 Å². The Bertz CT molecular complexity index is 1910. The fourth-order valence-electron chi connectivity index (χ4n) is 5.69. The third kappa shape index (κ3) is 3.96. The van der Waals surface area contributed by atoms with Crippen LogP contribution in [0.1, 0.15) is 11.1 Å². The largest absolute Gasteiger partial charge is 0.0905 e. The predicted octanol–water partition coefficient (Wildman–Crippen LogP) is 8.95. The van der Waals surface area contributed by atoms with E-state index in [2.05, 4.69) is 148 Å². The second kappa shape index (κ2) is 9.65. The Balaban J connectivity index is 1.73. The molecule has 182 valence electrons. The zero-order valence-electron chi connectivity index (χ0n) is 22.0. The summed E-state index contributed by atoms with van der Waals surface area (Å²) in [5.74, 6) is 0. The molecule has 6 aromatic carbocycles. The highest BCUT2D eigenvalue weighted by molar-refractivity contribution is 6.08. The van der Waals surface area contributed by atoms with Crippen molar-refractivity contribution in [3.8, 4) is 44.5 Å². The molecule has 0 radical (unpaired) electrons. The van der Waals surface area contributed by atoms with Crippen molar-refractivity contribution in [2.45, 2.75) is 13.8 Å². The third-order valence-electron chi connectivity index (χ3n) is 7.68. The van der Waals surface area contributed by atoms with Gasteiger partial charge in [-0.15, -0.1) is 0 Å². The van der Waals surface area contributed by atoms with Crippen LogP contribution in [-0.2, 0) is 0 Å². The van der Waals surface area contributed by atoms with Gasteiger partial charge in [-0.1, -0.05) is 128 Å². The molecule has 0 N–H and O–H groups in total. The van der Waals surface area contributed by atoms with Crippen molar-refractivity contribution in [1.82, 2.24) is 0 Å². The summed E-state index contributed by atoms with van der Waals surface area (Å²) in [5.41, 5.74) is 12.1. The van der Waals surface area contributed by atoms with E-state index in [1.165, 1.54) is 66.4 Å². The molecule has 0 aromatic heterocycles. The van der Waals surface area contributed by atoms with Crippen LogP contribution >= 0.6 is 0 Å². The zero-order valence-corrected chi connectivity index (χ0v) is 22.0. The molecule has 0 heteroatoms. The van der Waals surface area contributed by atoms with Crippen molar-refractivity contribution in [2.24, 2.45) is 0 Å². The Labute approximate surface area is 224 Å². The van der Waals surface area contributed by atoms with Gasteiger partial charge in [0, 0.05) is 0 Å². The third-order valence-corrected chi connectivity index (χ3v) is 7.68. The van der Waals surface area contributed by atoms with Crippen LogP contribution in [0.25, 0.3) is 68.4 Å². The quantitative estimate of drug-likeness (QED) is 0.233. The smallest absolute Gasteiger partial charge is 0.00297 e.